The fraction of sp³-hybridized carbons (Fsp3) is 0.250. The molecular formula is C16H12BrCl3O. The van der Waals surface area contributed by atoms with Gasteiger partial charge in [-0.2, -0.15) is 0 Å². The first-order valence-corrected chi connectivity index (χ1v) is 8.34. The predicted molar refractivity (Wildman–Crippen MR) is 92.1 cm³/mol. The molecule has 3 rings (SSSR count). The number of alkyl halides is 2. The summed E-state index contributed by atoms with van der Waals surface area (Å²) in [7, 11) is 1.65. The molecule has 0 aromatic heterocycles. The molecule has 2 atom stereocenters. The number of ether oxygens (including phenoxy) is 1. The second-order valence-corrected chi connectivity index (χ2v) is 7.78. The van der Waals surface area contributed by atoms with Gasteiger partial charge in [-0.3, -0.25) is 0 Å². The quantitative estimate of drug-likeness (QED) is 0.554. The normalized spacial score (nSPS) is 22.9. The third-order valence-electron chi connectivity index (χ3n) is 3.83. The van der Waals surface area contributed by atoms with E-state index in [0.717, 1.165) is 21.3 Å². The van der Waals surface area contributed by atoms with Crippen LogP contribution in [0.2, 0.25) is 5.02 Å². The first-order chi connectivity index (χ1) is 9.95. The van der Waals surface area contributed by atoms with Gasteiger partial charge in [-0.1, -0.05) is 29.8 Å². The Kier molecular flexibility index (Phi) is 4.17. The van der Waals surface area contributed by atoms with Gasteiger partial charge in [0, 0.05) is 16.3 Å². The van der Waals surface area contributed by atoms with Crippen molar-refractivity contribution in [2.24, 2.45) is 0 Å². The minimum absolute atomic E-state index is 0.0581. The van der Waals surface area contributed by atoms with E-state index in [0.29, 0.717) is 5.02 Å². The van der Waals surface area contributed by atoms with E-state index in [1.54, 1.807) is 7.11 Å². The van der Waals surface area contributed by atoms with Crippen molar-refractivity contribution in [3.63, 3.8) is 0 Å². The van der Waals surface area contributed by atoms with Crippen molar-refractivity contribution >= 4 is 50.7 Å². The van der Waals surface area contributed by atoms with Crippen molar-refractivity contribution in [1.82, 2.24) is 0 Å². The fourth-order valence-electron chi connectivity index (χ4n) is 2.67. The Hall–Kier alpha value is -0.410. The lowest BCUT2D eigenvalue weighted by molar-refractivity contribution is 0.414. The van der Waals surface area contributed by atoms with Gasteiger partial charge in [-0.05, 0) is 51.3 Å². The maximum absolute atomic E-state index is 6.49. The van der Waals surface area contributed by atoms with Gasteiger partial charge in [0.2, 0.25) is 0 Å². The van der Waals surface area contributed by atoms with E-state index in [9.17, 15) is 0 Å². The van der Waals surface area contributed by atoms with Crippen molar-refractivity contribution in [1.29, 1.82) is 0 Å². The van der Waals surface area contributed by atoms with Crippen LogP contribution in [-0.4, -0.2) is 11.4 Å². The molecule has 0 amide bonds. The summed E-state index contributed by atoms with van der Waals surface area (Å²) in [5, 5.41) is 0.676. The molecule has 0 heterocycles. The van der Waals surface area contributed by atoms with E-state index >= 15 is 0 Å². The third kappa shape index (κ3) is 2.79. The number of benzene rings is 2. The number of methoxy groups -OCH3 is 1. The molecule has 21 heavy (non-hydrogen) atoms. The van der Waals surface area contributed by atoms with E-state index in [-0.39, 0.29) is 11.8 Å². The van der Waals surface area contributed by atoms with Gasteiger partial charge < -0.3 is 4.74 Å². The largest absolute Gasteiger partial charge is 0.497 e. The van der Waals surface area contributed by atoms with E-state index in [1.807, 2.05) is 42.5 Å². The zero-order chi connectivity index (χ0) is 15.2. The maximum Gasteiger partial charge on any atom is 0.133 e. The molecule has 0 radical (unpaired) electrons. The Morgan fingerprint density at radius 3 is 2.14 bits per heavy atom. The summed E-state index contributed by atoms with van der Waals surface area (Å²) in [6.07, 6.45) is 0. The summed E-state index contributed by atoms with van der Waals surface area (Å²) in [5.74, 6) is 0.947. The minimum Gasteiger partial charge on any atom is -0.497 e. The van der Waals surface area contributed by atoms with Crippen LogP contribution in [0.1, 0.15) is 23.0 Å². The Morgan fingerprint density at radius 2 is 1.57 bits per heavy atom. The van der Waals surface area contributed by atoms with Crippen LogP contribution < -0.4 is 4.74 Å². The lowest BCUT2D eigenvalue weighted by Crippen LogP contribution is -1.91. The van der Waals surface area contributed by atoms with Gasteiger partial charge in [0.15, 0.2) is 0 Å². The van der Waals surface area contributed by atoms with Crippen LogP contribution in [-0.2, 0) is 0 Å². The van der Waals surface area contributed by atoms with Crippen LogP contribution in [0, 0.1) is 0 Å². The Morgan fingerprint density at radius 1 is 1.00 bits per heavy atom. The van der Waals surface area contributed by atoms with Crippen LogP contribution >= 0.6 is 50.7 Å². The van der Waals surface area contributed by atoms with E-state index in [2.05, 4.69) is 15.9 Å². The number of halogens is 4. The van der Waals surface area contributed by atoms with Gasteiger partial charge in [0.25, 0.3) is 0 Å². The molecule has 0 N–H and O–H groups in total. The molecule has 5 heteroatoms. The topological polar surface area (TPSA) is 9.23 Å². The molecule has 1 fully saturated rings. The van der Waals surface area contributed by atoms with Gasteiger partial charge in [-0.15, -0.1) is 23.2 Å². The van der Waals surface area contributed by atoms with E-state index in [1.165, 1.54) is 0 Å². The lowest BCUT2D eigenvalue weighted by Gasteiger charge is -2.04. The average molecular weight is 407 g/mol. The highest BCUT2D eigenvalue weighted by Crippen LogP contribution is 2.70. The van der Waals surface area contributed by atoms with Gasteiger partial charge in [0.05, 0.1) is 12.1 Å². The summed E-state index contributed by atoms with van der Waals surface area (Å²) < 4.78 is 5.24. The molecule has 0 saturated heterocycles. The monoisotopic (exact) mass is 404 g/mol. The van der Waals surface area contributed by atoms with Crippen LogP contribution in [0.15, 0.2) is 46.9 Å². The highest BCUT2D eigenvalue weighted by atomic mass is 79.9. The first-order valence-electron chi connectivity index (χ1n) is 6.42. The molecule has 2 aromatic carbocycles. The molecule has 0 unspecified atom stereocenters. The predicted octanol–water partition coefficient (Wildman–Crippen LogP) is 6.17. The second-order valence-electron chi connectivity index (χ2n) is 5.08. The molecule has 1 aliphatic rings. The van der Waals surface area contributed by atoms with Crippen molar-refractivity contribution in [3.8, 4) is 5.75 Å². The Bertz CT molecular complexity index is 670. The SMILES string of the molecule is COc1ccc([C@@H]2[C@@H](c3ccc(Cl)c(Br)c3)C2(Cl)Cl)cc1. The van der Waals surface area contributed by atoms with Crippen molar-refractivity contribution in [3.05, 3.63) is 63.1 Å². The number of hydrogen-bond acceptors (Lipinski definition) is 1. The van der Waals surface area contributed by atoms with Crippen LogP contribution in [0.5, 0.6) is 5.75 Å². The Balaban J connectivity index is 1.91. The van der Waals surface area contributed by atoms with Gasteiger partial charge in [0.1, 0.15) is 10.1 Å². The average Bonchev–Trinajstić information content (AvgIpc) is 3.04. The van der Waals surface area contributed by atoms with E-state index in [4.69, 9.17) is 39.5 Å². The lowest BCUT2D eigenvalue weighted by atomic mass is 10.0. The molecule has 2 aromatic rings. The highest BCUT2D eigenvalue weighted by molar-refractivity contribution is 9.10. The number of hydrogen-bond donors (Lipinski definition) is 0. The van der Waals surface area contributed by atoms with Crippen LogP contribution in [0.4, 0.5) is 0 Å². The molecule has 0 bridgehead atoms. The summed E-state index contributed by atoms with van der Waals surface area (Å²) in [6.45, 7) is 0. The minimum atomic E-state index is -0.790. The summed E-state index contributed by atoms with van der Waals surface area (Å²) in [5.41, 5.74) is 2.19. The van der Waals surface area contributed by atoms with Gasteiger partial charge >= 0.3 is 0 Å². The summed E-state index contributed by atoms with van der Waals surface area (Å²) in [4.78, 5) is 0. The standard InChI is InChI=1S/C16H12BrCl3O/c1-21-11-5-2-9(3-6-11)14-15(16(14,19)20)10-4-7-13(18)12(17)8-10/h2-8,14-15H,1H3/t14-,15-/m1/s1. The molecule has 0 aliphatic heterocycles. The molecule has 0 spiro atoms. The first kappa shape index (κ1) is 15.5. The summed E-state index contributed by atoms with van der Waals surface area (Å²) >= 11 is 22.5. The molecule has 1 saturated carbocycles. The van der Waals surface area contributed by atoms with Gasteiger partial charge in [-0.25, -0.2) is 0 Å². The third-order valence-corrected chi connectivity index (χ3v) is 5.99. The van der Waals surface area contributed by atoms with Crippen LogP contribution in [0.25, 0.3) is 0 Å². The summed E-state index contributed by atoms with van der Waals surface area (Å²) in [6, 6.07) is 13.7. The van der Waals surface area contributed by atoms with Crippen molar-refractivity contribution in [2.45, 2.75) is 16.2 Å². The van der Waals surface area contributed by atoms with Crippen molar-refractivity contribution < 1.29 is 4.74 Å². The molecule has 1 aliphatic carbocycles. The van der Waals surface area contributed by atoms with E-state index < -0.39 is 4.33 Å². The zero-order valence-electron chi connectivity index (χ0n) is 11.1. The second kappa shape index (κ2) is 5.66. The zero-order valence-corrected chi connectivity index (χ0v) is 15.0. The smallest absolute Gasteiger partial charge is 0.133 e. The number of rotatable bonds is 3. The van der Waals surface area contributed by atoms with Crippen molar-refractivity contribution in [2.75, 3.05) is 7.11 Å². The molecule has 1 nitrogen and oxygen atoms in total. The maximum atomic E-state index is 6.49. The fourth-order valence-corrected chi connectivity index (χ4v) is 4.07. The Labute approximate surface area is 147 Å². The molecule has 110 valence electrons. The van der Waals surface area contributed by atoms with Crippen LogP contribution in [0.3, 0.4) is 0 Å². The molecular weight excluding hydrogens is 394 g/mol. The highest BCUT2D eigenvalue weighted by Gasteiger charge is 2.64.